The van der Waals surface area contributed by atoms with E-state index in [-0.39, 0.29) is 12.4 Å². The highest BCUT2D eigenvalue weighted by Gasteiger charge is 2.18. The third-order valence-electron chi connectivity index (χ3n) is 3.75. The first-order chi connectivity index (χ1) is 12.1. The van der Waals surface area contributed by atoms with Crippen LogP contribution in [0.5, 0.6) is 11.5 Å². The van der Waals surface area contributed by atoms with Crippen molar-refractivity contribution in [2.24, 2.45) is 0 Å². The van der Waals surface area contributed by atoms with Gasteiger partial charge < -0.3 is 14.8 Å². The lowest BCUT2D eigenvalue weighted by molar-refractivity contribution is -0.112. The van der Waals surface area contributed by atoms with Crippen LogP contribution in [0.4, 0.5) is 5.69 Å². The van der Waals surface area contributed by atoms with E-state index in [4.69, 9.17) is 21.1 Å². The van der Waals surface area contributed by atoms with Gasteiger partial charge in [-0.15, -0.1) is 0 Å². The predicted octanol–water partition coefficient (Wildman–Crippen LogP) is 4.18. The molecule has 1 heterocycles. The molecule has 1 aliphatic heterocycles. The largest absolute Gasteiger partial charge is 0.454 e. The van der Waals surface area contributed by atoms with Gasteiger partial charge in [0.05, 0.1) is 5.02 Å². The van der Waals surface area contributed by atoms with Crippen LogP contribution in [0.1, 0.15) is 18.1 Å². The van der Waals surface area contributed by atoms with Crippen molar-refractivity contribution >= 4 is 29.3 Å². The number of amides is 1. The molecule has 1 aliphatic rings. The van der Waals surface area contributed by atoms with E-state index in [1.165, 1.54) is 11.6 Å². The molecule has 1 amide bonds. The molecule has 126 valence electrons. The van der Waals surface area contributed by atoms with Crippen molar-refractivity contribution in [2.75, 3.05) is 12.1 Å². The third-order valence-corrected chi connectivity index (χ3v) is 4.03. The van der Waals surface area contributed by atoms with Gasteiger partial charge in [-0.1, -0.05) is 30.7 Å². The number of carbonyl (C=O) groups is 1. The van der Waals surface area contributed by atoms with Crippen LogP contribution in [0, 0.1) is 11.3 Å². The number of aryl methyl sites for hydroxylation is 1. The van der Waals surface area contributed by atoms with Gasteiger partial charge in [0.25, 0.3) is 5.91 Å². The Bertz CT molecular complexity index is 883. The minimum Gasteiger partial charge on any atom is -0.454 e. The van der Waals surface area contributed by atoms with Gasteiger partial charge in [0.2, 0.25) is 6.79 Å². The number of anilines is 1. The van der Waals surface area contributed by atoms with Crippen molar-refractivity contribution in [3.05, 3.63) is 58.1 Å². The second kappa shape index (κ2) is 7.29. The van der Waals surface area contributed by atoms with Crippen LogP contribution in [0.25, 0.3) is 6.08 Å². The van der Waals surface area contributed by atoms with Crippen LogP contribution < -0.4 is 14.8 Å². The number of benzene rings is 2. The molecule has 1 N–H and O–H groups in total. The van der Waals surface area contributed by atoms with E-state index in [9.17, 15) is 10.1 Å². The molecule has 0 atom stereocenters. The number of nitrogens with one attached hydrogen (secondary N) is 1. The lowest BCUT2D eigenvalue weighted by atomic mass is 10.1. The first-order valence-corrected chi connectivity index (χ1v) is 8.09. The summed E-state index contributed by atoms with van der Waals surface area (Å²) in [4.78, 5) is 12.3. The molecule has 5 nitrogen and oxygen atoms in total. The summed E-state index contributed by atoms with van der Waals surface area (Å²) in [5.74, 6) is 0.477. The van der Waals surface area contributed by atoms with E-state index in [1.807, 2.05) is 30.3 Å². The minimum absolute atomic E-state index is 0.0329. The summed E-state index contributed by atoms with van der Waals surface area (Å²) < 4.78 is 10.5. The molecule has 0 radical (unpaired) electrons. The van der Waals surface area contributed by atoms with Crippen LogP contribution >= 0.6 is 11.6 Å². The van der Waals surface area contributed by atoms with Crippen LogP contribution in [0.3, 0.4) is 0 Å². The fourth-order valence-corrected chi connectivity index (χ4v) is 2.68. The molecular formula is C19H15ClN2O3. The standard InChI is InChI=1S/C19H15ClN2O3/c1-2-12-3-5-15(6-4-12)22-19(23)14(10-21)7-13-8-16(20)18-17(9-13)24-11-25-18/h3-9H,2,11H2,1H3,(H,22,23)/b14-7+. The number of nitriles is 1. The normalized spacial score (nSPS) is 12.6. The summed E-state index contributed by atoms with van der Waals surface area (Å²) in [6, 6.07) is 12.7. The average molecular weight is 355 g/mol. The summed E-state index contributed by atoms with van der Waals surface area (Å²) >= 11 is 6.12. The highest BCUT2D eigenvalue weighted by molar-refractivity contribution is 6.32. The summed E-state index contributed by atoms with van der Waals surface area (Å²) in [5.41, 5.74) is 2.35. The Kier molecular flexibility index (Phi) is 4.92. The van der Waals surface area contributed by atoms with Gasteiger partial charge >= 0.3 is 0 Å². The maximum atomic E-state index is 12.3. The number of hydrogen-bond donors (Lipinski definition) is 1. The van der Waals surface area contributed by atoms with E-state index in [2.05, 4.69) is 12.2 Å². The average Bonchev–Trinajstić information content (AvgIpc) is 3.09. The number of nitrogens with zero attached hydrogens (tertiary/aromatic N) is 1. The topological polar surface area (TPSA) is 71.4 Å². The number of halogens is 1. The summed E-state index contributed by atoms with van der Waals surface area (Å²) in [6.45, 7) is 2.15. The number of fused-ring (bicyclic) bond motifs is 1. The molecule has 6 heteroatoms. The molecule has 0 saturated heterocycles. The highest BCUT2D eigenvalue weighted by Crippen LogP contribution is 2.40. The quantitative estimate of drug-likeness (QED) is 0.660. The zero-order chi connectivity index (χ0) is 17.8. The molecule has 0 fully saturated rings. The van der Waals surface area contributed by atoms with Crippen molar-refractivity contribution in [1.82, 2.24) is 0 Å². The smallest absolute Gasteiger partial charge is 0.266 e. The van der Waals surface area contributed by atoms with Crippen LogP contribution in [0.15, 0.2) is 42.0 Å². The van der Waals surface area contributed by atoms with Gasteiger partial charge in [0, 0.05) is 5.69 Å². The van der Waals surface area contributed by atoms with Gasteiger partial charge in [-0.2, -0.15) is 5.26 Å². The van der Waals surface area contributed by atoms with Crippen molar-refractivity contribution < 1.29 is 14.3 Å². The fourth-order valence-electron chi connectivity index (χ4n) is 2.41. The lowest BCUT2D eigenvalue weighted by Gasteiger charge is -2.06. The van der Waals surface area contributed by atoms with Gasteiger partial charge in [-0.3, -0.25) is 4.79 Å². The Balaban J connectivity index is 1.81. The molecule has 0 saturated carbocycles. The number of carbonyl (C=O) groups excluding carboxylic acids is 1. The minimum atomic E-state index is -0.486. The number of hydrogen-bond acceptors (Lipinski definition) is 4. The van der Waals surface area contributed by atoms with Gasteiger partial charge in [-0.25, -0.2) is 0 Å². The first-order valence-electron chi connectivity index (χ1n) is 7.72. The Morgan fingerprint density at radius 1 is 1.32 bits per heavy atom. The second-order valence-corrected chi connectivity index (χ2v) is 5.82. The van der Waals surface area contributed by atoms with Crippen molar-refractivity contribution in [3.63, 3.8) is 0 Å². The molecule has 2 aromatic carbocycles. The second-order valence-electron chi connectivity index (χ2n) is 5.41. The molecule has 0 bridgehead atoms. The number of ether oxygens (including phenoxy) is 2. The summed E-state index contributed by atoms with van der Waals surface area (Å²) in [6.07, 6.45) is 2.38. The monoisotopic (exact) mass is 354 g/mol. The van der Waals surface area contributed by atoms with E-state index in [0.29, 0.717) is 27.8 Å². The maximum absolute atomic E-state index is 12.3. The van der Waals surface area contributed by atoms with E-state index < -0.39 is 5.91 Å². The van der Waals surface area contributed by atoms with Crippen molar-refractivity contribution in [1.29, 1.82) is 5.26 Å². The predicted molar refractivity (Wildman–Crippen MR) is 95.6 cm³/mol. The molecule has 0 unspecified atom stereocenters. The third kappa shape index (κ3) is 3.76. The van der Waals surface area contributed by atoms with Gasteiger partial charge in [0.1, 0.15) is 11.6 Å². The first kappa shape index (κ1) is 16.9. The van der Waals surface area contributed by atoms with Crippen LogP contribution in [-0.2, 0) is 11.2 Å². The maximum Gasteiger partial charge on any atom is 0.266 e. The van der Waals surface area contributed by atoms with Gasteiger partial charge in [-0.05, 0) is 47.9 Å². The summed E-state index contributed by atoms with van der Waals surface area (Å²) in [7, 11) is 0. The van der Waals surface area contributed by atoms with Crippen molar-refractivity contribution in [2.45, 2.75) is 13.3 Å². The molecule has 0 spiro atoms. The summed E-state index contributed by atoms with van der Waals surface area (Å²) in [5, 5.41) is 12.4. The SMILES string of the molecule is CCc1ccc(NC(=O)/C(C#N)=C/c2cc(Cl)c3c(c2)OCO3)cc1. The van der Waals surface area contributed by atoms with E-state index in [1.54, 1.807) is 12.1 Å². The van der Waals surface area contributed by atoms with E-state index in [0.717, 1.165) is 6.42 Å². The number of rotatable bonds is 4. The zero-order valence-electron chi connectivity index (χ0n) is 13.5. The molecule has 0 aromatic heterocycles. The Labute approximate surface area is 150 Å². The van der Waals surface area contributed by atoms with Crippen molar-refractivity contribution in [3.8, 4) is 17.6 Å². The van der Waals surface area contributed by atoms with E-state index >= 15 is 0 Å². The fraction of sp³-hybridized carbons (Fsp3) is 0.158. The van der Waals surface area contributed by atoms with Crippen LogP contribution in [-0.4, -0.2) is 12.7 Å². The molecule has 25 heavy (non-hydrogen) atoms. The van der Waals surface area contributed by atoms with Gasteiger partial charge in [0.15, 0.2) is 11.5 Å². The molecule has 0 aliphatic carbocycles. The molecule has 2 aromatic rings. The molecular weight excluding hydrogens is 340 g/mol. The zero-order valence-corrected chi connectivity index (χ0v) is 14.3. The Morgan fingerprint density at radius 2 is 2.08 bits per heavy atom. The van der Waals surface area contributed by atoms with Crippen LogP contribution in [0.2, 0.25) is 5.02 Å². The lowest BCUT2D eigenvalue weighted by Crippen LogP contribution is -2.13. The Hall–Kier alpha value is -2.97. The Morgan fingerprint density at radius 3 is 2.76 bits per heavy atom. The highest BCUT2D eigenvalue weighted by atomic mass is 35.5. The molecule has 3 rings (SSSR count).